The molecule has 1 N–H and O–H groups in total. The van der Waals surface area contributed by atoms with Gasteiger partial charge in [0.25, 0.3) is 5.91 Å². The van der Waals surface area contributed by atoms with Gasteiger partial charge in [-0.05, 0) is 44.2 Å². The summed E-state index contributed by atoms with van der Waals surface area (Å²) in [7, 11) is 0. The number of nitrogens with zero attached hydrogens (tertiary/aromatic N) is 2. The highest BCUT2D eigenvalue weighted by molar-refractivity contribution is 6.30. The van der Waals surface area contributed by atoms with Crippen molar-refractivity contribution in [3.63, 3.8) is 0 Å². The minimum absolute atomic E-state index is 0.0989. The lowest BCUT2D eigenvalue weighted by Crippen LogP contribution is -2.27. The normalized spacial score (nSPS) is 10.5. The zero-order valence-electron chi connectivity index (χ0n) is 11.0. The van der Waals surface area contributed by atoms with Crippen molar-refractivity contribution in [3.05, 3.63) is 52.3 Å². The summed E-state index contributed by atoms with van der Waals surface area (Å²) >= 11 is 5.78. The van der Waals surface area contributed by atoms with E-state index in [1.54, 1.807) is 24.3 Å². The maximum Gasteiger partial charge on any atom is 0.251 e. The van der Waals surface area contributed by atoms with E-state index in [9.17, 15) is 4.79 Å². The maximum atomic E-state index is 11.9. The lowest BCUT2D eigenvalue weighted by molar-refractivity contribution is 0.0952. The van der Waals surface area contributed by atoms with Crippen LogP contribution in [-0.4, -0.2) is 22.2 Å². The first kappa shape index (κ1) is 13.6. The van der Waals surface area contributed by atoms with E-state index in [1.165, 1.54) is 0 Å². The Kier molecular flexibility index (Phi) is 4.22. The molecule has 1 aromatic heterocycles. The number of benzene rings is 1. The van der Waals surface area contributed by atoms with Crippen LogP contribution in [0.15, 0.2) is 30.3 Å². The lowest BCUT2D eigenvalue weighted by Gasteiger charge is -2.07. The lowest BCUT2D eigenvalue weighted by atomic mass is 10.2. The molecule has 0 aliphatic heterocycles. The van der Waals surface area contributed by atoms with Gasteiger partial charge in [-0.15, -0.1) is 0 Å². The van der Waals surface area contributed by atoms with Crippen molar-refractivity contribution in [2.24, 2.45) is 0 Å². The van der Waals surface area contributed by atoms with Gasteiger partial charge in [0.05, 0.1) is 12.2 Å². The van der Waals surface area contributed by atoms with E-state index in [0.29, 0.717) is 23.7 Å². The average molecular weight is 278 g/mol. The van der Waals surface area contributed by atoms with Crippen molar-refractivity contribution < 1.29 is 4.79 Å². The zero-order valence-corrected chi connectivity index (χ0v) is 11.7. The highest BCUT2D eigenvalue weighted by atomic mass is 35.5. The predicted molar refractivity (Wildman–Crippen MR) is 75.5 cm³/mol. The third kappa shape index (κ3) is 3.58. The van der Waals surface area contributed by atoms with Crippen LogP contribution in [0.3, 0.4) is 0 Å². The third-order valence-electron chi connectivity index (χ3n) is 2.82. The van der Waals surface area contributed by atoms with E-state index in [0.717, 1.165) is 11.4 Å². The summed E-state index contributed by atoms with van der Waals surface area (Å²) < 4.78 is 1.89. The van der Waals surface area contributed by atoms with E-state index >= 15 is 0 Å². The van der Waals surface area contributed by atoms with Crippen LogP contribution >= 0.6 is 11.6 Å². The SMILES string of the molecule is Cc1cc(C)n(CCNC(=O)c2ccc(Cl)cc2)n1. The molecule has 0 bridgehead atoms. The Morgan fingerprint density at radius 3 is 2.58 bits per heavy atom. The van der Waals surface area contributed by atoms with Crippen LogP contribution in [0.4, 0.5) is 0 Å². The molecule has 1 aromatic carbocycles. The first-order valence-corrected chi connectivity index (χ1v) is 6.49. The Labute approximate surface area is 117 Å². The van der Waals surface area contributed by atoms with Crippen LogP contribution in [0.5, 0.6) is 0 Å². The first-order valence-electron chi connectivity index (χ1n) is 6.11. The molecule has 4 nitrogen and oxygen atoms in total. The summed E-state index contributed by atoms with van der Waals surface area (Å²) in [4.78, 5) is 11.9. The Balaban J connectivity index is 1.87. The zero-order chi connectivity index (χ0) is 13.8. The number of carbonyl (C=O) groups is 1. The Morgan fingerprint density at radius 2 is 2.00 bits per heavy atom. The third-order valence-corrected chi connectivity index (χ3v) is 3.07. The largest absolute Gasteiger partial charge is 0.350 e. The van der Waals surface area contributed by atoms with E-state index in [1.807, 2.05) is 24.6 Å². The van der Waals surface area contributed by atoms with Crippen molar-refractivity contribution in [1.82, 2.24) is 15.1 Å². The number of halogens is 1. The smallest absolute Gasteiger partial charge is 0.251 e. The van der Waals surface area contributed by atoms with Crippen LogP contribution < -0.4 is 5.32 Å². The van der Waals surface area contributed by atoms with Gasteiger partial charge in [-0.1, -0.05) is 11.6 Å². The molecule has 0 unspecified atom stereocenters. The second-order valence-electron chi connectivity index (χ2n) is 4.41. The maximum absolute atomic E-state index is 11.9. The second kappa shape index (κ2) is 5.89. The minimum atomic E-state index is -0.0989. The molecule has 0 radical (unpaired) electrons. The van der Waals surface area contributed by atoms with Gasteiger partial charge in [-0.3, -0.25) is 9.48 Å². The van der Waals surface area contributed by atoms with Crippen molar-refractivity contribution in [2.45, 2.75) is 20.4 Å². The average Bonchev–Trinajstić information content (AvgIpc) is 2.68. The molecule has 2 rings (SSSR count). The Morgan fingerprint density at radius 1 is 1.32 bits per heavy atom. The van der Waals surface area contributed by atoms with Crippen molar-refractivity contribution >= 4 is 17.5 Å². The van der Waals surface area contributed by atoms with Crippen molar-refractivity contribution in [2.75, 3.05) is 6.54 Å². The van der Waals surface area contributed by atoms with Crippen LogP contribution in [-0.2, 0) is 6.54 Å². The fourth-order valence-electron chi connectivity index (χ4n) is 1.88. The highest BCUT2D eigenvalue weighted by Gasteiger charge is 2.05. The van der Waals surface area contributed by atoms with E-state index in [2.05, 4.69) is 10.4 Å². The summed E-state index contributed by atoms with van der Waals surface area (Å²) in [6.07, 6.45) is 0. The topological polar surface area (TPSA) is 46.9 Å². The van der Waals surface area contributed by atoms with Crippen LogP contribution in [0.1, 0.15) is 21.7 Å². The second-order valence-corrected chi connectivity index (χ2v) is 4.85. The van der Waals surface area contributed by atoms with E-state index in [4.69, 9.17) is 11.6 Å². The van der Waals surface area contributed by atoms with Crippen molar-refractivity contribution in [3.8, 4) is 0 Å². The molecule has 1 heterocycles. The van der Waals surface area contributed by atoms with Gasteiger partial charge in [0, 0.05) is 22.8 Å². The summed E-state index contributed by atoms with van der Waals surface area (Å²) in [5.74, 6) is -0.0989. The molecular formula is C14H16ClN3O. The highest BCUT2D eigenvalue weighted by Crippen LogP contribution is 2.09. The number of rotatable bonds is 4. The summed E-state index contributed by atoms with van der Waals surface area (Å²) in [5, 5.41) is 7.82. The van der Waals surface area contributed by atoms with Crippen LogP contribution in [0.2, 0.25) is 5.02 Å². The number of aryl methyl sites for hydroxylation is 2. The molecule has 0 aliphatic carbocycles. The molecule has 2 aromatic rings. The van der Waals surface area contributed by atoms with Gasteiger partial charge in [0.15, 0.2) is 0 Å². The molecule has 100 valence electrons. The summed E-state index contributed by atoms with van der Waals surface area (Å²) in [5.41, 5.74) is 2.69. The molecule has 0 atom stereocenters. The molecule has 0 fully saturated rings. The van der Waals surface area contributed by atoms with Gasteiger partial charge in [-0.25, -0.2) is 0 Å². The number of nitrogens with one attached hydrogen (secondary N) is 1. The molecule has 19 heavy (non-hydrogen) atoms. The van der Waals surface area contributed by atoms with Crippen molar-refractivity contribution in [1.29, 1.82) is 0 Å². The Hall–Kier alpha value is -1.81. The van der Waals surface area contributed by atoms with Gasteiger partial charge >= 0.3 is 0 Å². The van der Waals surface area contributed by atoms with Gasteiger partial charge in [0.1, 0.15) is 0 Å². The fourth-order valence-corrected chi connectivity index (χ4v) is 2.01. The van der Waals surface area contributed by atoms with Gasteiger partial charge in [-0.2, -0.15) is 5.10 Å². The standard InChI is InChI=1S/C14H16ClN3O/c1-10-9-11(2)18(17-10)8-7-16-14(19)12-3-5-13(15)6-4-12/h3-6,9H,7-8H2,1-2H3,(H,16,19). The fraction of sp³-hybridized carbons (Fsp3) is 0.286. The molecule has 0 saturated heterocycles. The molecule has 0 saturated carbocycles. The Bertz CT molecular complexity index is 575. The number of aromatic nitrogens is 2. The number of amides is 1. The van der Waals surface area contributed by atoms with Gasteiger partial charge in [0.2, 0.25) is 0 Å². The summed E-state index contributed by atoms with van der Waals surface area (Å²) in [6, 6.07) is 8.85. The number of carbonyl (C=O) groups excluding carboxylic acids is 1. The number of hydrogen-bond acceptors (Lipinski definition) is 2. The quantitative estimate of drug-likeness (QED) is 0.934. The van der Waals surface area contributed by atoms with Gasteiger partial charge < -0.3 is 5.32 Å². The molecule has 1 amide bonds. The van der Waals surface area contributed by atoms with Crippen LogP contribution in [0.25, 0.3) is 0 Å². The monoisotopic (exact) mass is 277 g/mol. The van der Waals surface area contributed by atoms with E-state index < -0.39 is 0 Å². The predicted octanol–water partition coefficient (Wildman–Crippen LogP) is 2.58. The summed E-state index contributed by atoms with van der Waals surface area (Å²) in [6.45, 7) is 5.17. The minimum Gasteiger partial charge on any atom is -0.350 e. The molecule has 5 heteroatoms. The molecule has 0 aliphatic rings. The molecular weight excluding hydrogens is 262 g/mol. The van der Waals surface area contributed by atoms with E-state index in [-0.39, 0.29) is 5.91 Å². The number of hydrogen-bond donors (Lipinski definition) is 1. The molecule has 0 spiro atoms. The first-order chi connectivity index (χ1) is 9.06. The van der Waals surface area contributed by atoms with Crippen LogP contribution in [0, 0.1) is 13.8 Å².